The monoisotopic (exact) mass is 207 g/mol. The Balaban J connectivity index is 2.01. The van der Waals surface area contributed by atoms with E-state index in [2.05, 4.69) is 5.32 Å². The standard InChI is InChI=1S/C9H15F2NO2/c1-7(2)3-9(6-13-7)12-4-8(10,11)5-14-9/h12H,3-6H2,1-2H3. The van der Waals surface area contributed by atoms with Crippen molar-refractivity contribution in [2.45, 2.75) is 37.5 Å². The van der Waals surface area contributed by atoms with Gasteiger partial charge in [-0.3, -0.25) is 5.32 Å². The minimum atomic E-state index is -2.75. The summed E-state index contributed by atoms with van der Waals surface area (Å²) in [6.45, 7) is 3.36. The van der Waals surface area contributed by atoms with Gasteiger partial charge in [0.1, 0.15) is 12.3 Å². The average Bonchev–Trinajstić information content (AvgIpc) is 2.36. The fourth-order valence-corrected chi connectivity index (χ4v) is 1.94. The molecule has 0 saturated carbocycles. The highest BCUT2D eigenvalue weighted by atomic mass is 19.3. The van der Waals surface area contributed by atoms with Gasteiger partial charge in [0.05, 0.1) is 18.8 Å². The summed E-state index contributed by atoms with van der Waals surface area (Å²) in [5.74, 6) is -2.75. The summed E-state index contributed by atoms with van der Waals surface area (Å²) in [4.78, 5) is 0. The molecule has 0 radical (unpaired) electrons. The van der Waals surface area contributed by atoms with Crippen molar-refractivity contribution in [3.8, 4) is 0 Å². The summed E-state index contributed by atoms with van der Waals surface area (Å²) in [5.41, 5.74) is -0.981. The fraction of sp³-hybridized carbons (Fsp3) is 1.00. The Bertz CT molecular complexity index is 233. The van der Waals surface area contributed by atoms with Crippen molar-refractivity contribution in [2.75, 3.05) is 19.8 Å². The summed E-state index contributed by atoms with van der Waals surface area (Å²) < 4.78 is 36.3. The summed E-state index contributed by atoms with van der Waals surface area (Å²) >= 11 is 0. The molecule has 0 aliphatic carbocycles. The Morgan fingerprint density at radius 3 is 2.29 bits per heavy atom. The molecule has 1 spiro atoms. The average molecular weight is 207 g/mol. The van der Waals surface area contributed by atoms with Crippen molar-refractivity contribution in [1.29, 1.82) is 0 Å². The lowest BCUT2D eigenvalue weighted by Gasteiger charge is -2.37. The van der Waals surface area contributed by atoms with Crippen molar-refractivity contribution in [2.24, 2.45) is 0 Å². The second-order valence-electron chi connectivity index (χ2n) is 4.72. The molecule has 3 nitrogen and oxygen atoms in total. The van der Waals surface area contributed by atoms with Gasteiger partial charge in [-0.1, -0.05) is 0 Å². The molecule has 1 unspecified atom stereocenters. The van der Waals surface area contributed by atoms with Gasteiger partial charge in [-0.25, -0.2) is 8.78 Å². The first kappa shape index (κ1) is 10.3. The normalized spacial score (nSPS) is 40.3. The second kappa shape index (κ2) is 2.87. The lowest BCUT2D eigenvalue weighted by atomic mass is 9.99. The van der Waals surface area contributed by atoms with Crippen LogP contribution in [0.4, 0.5) is 8.78 Å². The number of rotatable bonds is 0. The third-order valence-corrected chi connectivity index (χ3v) is 2.64. The predicted molar refractivity (Wildman–Crippen MR) is 46.3 cm³/mol. The zero-order valence-electron chi connectivity index (χ0n) is 8.40. The van der Waals surface area contributed by atoms with E-state index < -0.39 is 18.3 Å². The Labute approximate surface area is 81.8 Å². The van der Waals surface area contributed by atoms with E-state index in [4.69, 9.17) is 9.47 Å². The van der Waals surface area contributed by atoms with E-state index in [-0.39, 0.29) is 12.1 Å². The van der Waals surface area contributed by atoms with Gasteiger partial charge in [0.2, 0.25) is 0 Å². The Morgan fingerprint density at radius 1 is 1.14 bits per heavy atom. The molecular formula is C9H15F2NO2. The molecule has 2 aliphatic heterocycles. The highest BCUT2D eigenvalue weighted by Crippen LogP contribution is 2.36. The highest BCUT2D eigenvalue weighted by molar-refractivity contribution is 4.96. The molecule has 2 heterocycles. The van der Waals surface area contributed by atoms with Gasteiger partial charge in [0, 0.05) is 6.42 Å². The van der Waals surface area contributed by atoms with E-state index in [1.165, 1.54) is 0 Å². The summed E-state index contributed by atoms with van der Waals surface area (Å²) in [6, 6.07) is 0. The van der Waals surface area contributed by atoms with Gasteiger partial charge >= 0.3 is 0 Å². The molecular weight excluding hydrogens is 192 g/mol. The van der Waals surface area contributed by atoms with Crippen LogP contribution in [0.15, 0.2) is 0 Å². The first-order chi connectivity index (χ1) is 6.33. The first-order valence-corrected chi connectivity index (χ1v) is 4.73. The van der Waals surface area contributed by atoms with Gasteiger partial charge in [-0.15, -0.1) is 0 Å². The molecule has 2 saturated heterocycles. The lowest BCUT2D eigenvalue weighted by Crippen LogP contribution is -2.60. The molecule has 0 amide bonds. The summed E-state index contributed by atoms with van der Waals surface area (Å²) in [6.07, 6.45) is 0.607. The molecule has 82 valence electrons. The van der Waals surface area contributed by atoms with Crippen molar-refractivity contribution >= 4 is 0 Å². The van der Waals surface area contributed by atoms with Crippen LogP contribution in [0.1, 0.15) is 20.3 Å². The molecule has 0 aromatic rings. The SMILES string of the molecule is CC1(C)CC2(CO1)NCC(F)(F)CO2. The molecule has 14 heavy (non-hydrogen) atoms. The van der Waals surface area contributed by atoms with E-state index in [0.717, 1.165) is 0 Å². The van der Waals surface area contributed by atoms with Crippen LogP contribution in [0.3, 0.4) is 0 Å². The fourth-order valence-electron chi connectivity index (χ4n) is 1.94. The van der Waals surface area contributed by atoms with Crippen LogP contribution < -0.4 is 5.32 Å². The van der Waals surface area contributed by atoms with E-state index in [9.17, 15) is 8.78 Å². The van der Waals surface area contributed by atoms with Crippen molar-refractivity contribution in [1.82, 2.24) is 5.32 Å². The van der Waals surface area contributed by atoms with Crippen LogP contribution in [0.5, 0.6) is 0 Å². The van der Waals surface area contributed by atoms with E-state index in [1.807, 2.05) is 13.8 Å². The molecule has 0 aromatic carbocycles. The maximum atomic E-state index is 12.8. The topological polar surface area (TPSA) is 30.5 Å². The van der Waals surface area contributed by atoms with Gasteiger partial charge in [-0.2, -0.15) is 0 Å². The minimum absolute atomic E-state index is 0.292. The molecule has 2 aliphatic rings. The third-order valence-electron chi connectivity index (χ3n) is 2.64. The molecule has 2 rings (SSSR count). The Hall–Kier alpha value is -0.260. The van der Waals surface area contributed by atoms with E-state index in [0.29, 0.717) is 13.0 Å². The molecule has 1 N–H and O–H groups in total. The zero-order valence-corrected chi connectivity index (χ0v) is 8.40. The molecule has 0 bridgehead atoms. The van der Waals surface area contributed by atoms with Crippen LogP contribution in [0.25, 0.3) is 0 Å². The van der Waals surface area contributed by atoms with E-state index in [1.54, 1.807) is 0 Å². The number of ether oxygens (including phenoxy) is 2. The van der Waals surface area contributed by atoms with Crippen molar-refractivity contribution in [3.05, 3.63) is 0 Å². The van der Waals surface area contributed by atoms with Crippen LogP contribution in [0.2, 0.25) is 0 Å². The summed E-state index contributed by atoms with van der Waals surface area (Å²) in [7, 11) is 0. The molecule has 0 aromatic heterocycles. The summed E-state index contributed by atoms with van der Waals surface area (Å²) in [5, 5.41) is 2.74. The van der Waals surface area contributed by atoms with Crippen LogP contribution >= 0.6 is 0 Å². The van der Waals surface area contributed by atoms with Crippen LogP contribution in [-0.2, 0) is 9.47 Å². The number of alkyl halides is 2. The third kappa shape index (κ3) is 1.89. The molecule has 2 fully saturated rings. The number of halogens is 2. The molecule has 1 atom stereocenters. The predicted octanol–water partition coefficient (Wildman–Crippen LogP) is 1.14. The van der Waals surface area contributed by atoms with Crippen LogP contribution in [-0.4, -0.2) is 37.0 Å². The van der Waals surface area contributed by atoms with Gasteiger partial charge in [-0.05, 0) is 13.8 Å². The zero-order chi connectivity index (χ0) is 10.4. The van der Waals surface area contributed by atoms with Gasteiger partial charge in [0.15, 0.2) is 0 Å². The Kier molecular flexibility index (Phi) is 2.10. The quantitative estimate of drug-likeness (QED) is 0.646. The van der Waals surface area contributed by atoms with Crippen molar-refractivity contribution < 1.29 is 18.3 Å². The van der Waals surface area contributed by atoms with Crippen LogP contribution in [0, 0.1) is 0 Å². The van der Waals surface area contributed by atoms with E-state index >= 15 is 0 Å². The number of nitrogens with one attached hydrogen (secondary N) is 1. The highest BCUT2D eigenvalue weighted by Gasteiger charge is 2.51. The smallest absolute Gasteiger partial charge is 0.283 e. The van der Waals surface area contributed by atoms with Gasteiger partial charge < -0.3 is 9.47 Å². The largest absolute Gasteiger partial charge is 0.371 e. The van der Waals surface area contributed by atoms with Crippen molar-refractivity contribution in [3.63, 3.8) is 0 Å². The maximum absolute atomic E-state index is 12.8. The number of hydrogen-bond donors (Lipinski definition) is 1. The lowest BCUT2D eigenvalue weighted by molar-refractivity contribution is -0.192. The second-order valence-corrected chi connectivity index (χ2v) is 4.72. The Morgan fingerprint density at radius 2 is 1.86 bits per heavy atom. The molecule has 5 heteroatoms. The minimum Gasteiger partial charge on any atom is -0.371 e. The number of hydrogen-bond acceptors (Lipinski definition) is 3. The maximum Gasteiger partial charge on any atom is 0.283 e. The first-order valence-electron chi connectivity index (χ1n) is 4.73. The van der Waals surface area contributed by atoms with Gasteiger partial charge in [0.25, 0.3) is 5.92 Å².